The lowest BCUT2D eigenvalue weighted by Gasteiger charge is -2.20. The molecule has 0 radical (unpaired) electrons. The minimum atomic E-state index is -3.57. The number of hydrogen-bond acceptors (Lipinski definition) is 6. The van der Waals surface area contributed by atoms with Crippen LogP contribution in [0.3, 0.4) is 0 Å². The fourth-order valence-corrected chi connectivity index (χ4v) is 5.90. The van der Waals surface area contributed by atoms with Crippen molar-refractivity contribution in [3.8, 4) is 0 Å². The second-order valence-electron chi connectivity index (χ2n) is 6.62. The van der Waals surface area contributed by atoms with Crippen LogP contribution >= 0.6 is 18.9 Å². The zero-order valence-electron chi connectivity index (χ0n) is 17.0. The summed E-state index contributed by atoms with van der Waals surface area (Å²) in [5.74, 6) is 4.53. The van der Waals surface area contributed by atoms with Crippen molar-refractivity contribution in [1.82, 2.24) is 0 Å². The lowest BCUT2D eigenvalue weighted by Crippen LogP contribution is -2.17. The van der Waals surface area contributed by atoms with Crippen molar-refractivity contribution < 1.29 is 23.8 Å². The van der Waals surface area contributed by atoms with Gasteiger partial charge in [0.15, 0.2) is 0 Å². The zero-order chi connectivity index (χ0) is 21.9. The van der Waals surface area contributed by atoms with Crippen molar-refractivity contribution in [2.24, 2.45) is 5.90 Å². The van der Waals surface area contributed by atoms with Crippen LogP contribution in [0.25, 0.3) is 5.57 Å². The van der Waals surface area contributed by atoms with Crippen LogP contribution in [-0.2, 0) is 13.9 Å². The van der Waals surface area contributed by atoms with E-state index in [1.165, 1.54) is 7.11 Å². The molecule has 0 aliphatic carbocycles. The van der Waals surface area contributed by atoms with E-state index >= 15 is 0 Å². The summed E-state index contributed by atoms with van der Waals surface area (Å²) in [4.78, 5) is 17.2. The van der Waals surface area contributed by atoms with Gasteiger partial charge in [0, 0.05) is 17.6 Å². The minimum Gasteiger partial charge on any atom is -0.477 e. The van der Waals surface area contributed by atoms with Gasteiger partial charge in [0.05, 0.1) is 11.0 Å². The monoisotopic (exact) mass is 436 g/mol. The molecular weight excluding hydrogens is 411 g/mol. The van der Waals surface area contributed by atoms with Gasteiger partial charge >= 0.3 is 13.5 Å². The van der Waals surface area contributed by atoms with Gasteiger partial charge in [0.1, 0.15) is 10.6 Å². The normalized spacial score (nSPS) is 14.0. The first-order valence-electron chi connectivity index (χ1n) is 8.67. The number of nitrogens with one attached hydrogen (secondary N) is 1. The molecule has 0 spiro atoms. The Morgan fingerprint density at radius 3 is 2.41 bits per heavy atom. The number of rotatable bonds is 8. The van der Waals surface area contributed by atoms with E-state index in [-0.39, 0.29) is 10.6 Å². The van der Waals surface area contributed by atoms with Gasteiger partial charge in [-0.25, -0.2) is 4.79 Å². The third-order valence-corrected chi connectivity index (χ3v) is 7.65. The van der Waals surface area contributed by atoms with E-state index < -0.39 is 13.5 Å². The molecule has 2 aromatic rings. The Kier molecular flexibility index (Phi) is 7.08. The molecule has 2 rings (SSSR count). The summed E-state index contributed by atoms with van der Waals surface area (Å²) in [6.07, 6.45) is 0. The Morgan fingerprint density at radius 1 is 1.28 bits per heavy atom. The zero-order valence-corrected chi connectivity index (χ0v) is 18.7. The van der Waals surface area contributed by atoms with Crippen molar-refractivity contribution in [2.45, 2.75) is 27.7 Å². The molecule has 0 saturated carbocycles. The van der Waals surface area contributed by atoms with Gasteiger partial charge in [-0.2, -0.15) is 5.90 Å². The highest BCUT2D eigenvalue weighted by Crippen LogP contribution is 2.48. The Hall–Kier alpha value is -2.38. The predicted molar refractivity (Wildman–Crippen MR) is 118 cm³/mol. The van der Waals surface area contributed by atoms with Crippen molar-refractivity contribution in [3.63, 3.8) is 0 Å². The maximum atomic E-state index is 13.6. The second kappa shape index (κ2) is 8.97. The first kappa shape index (κ1) is 22.9. The average Bonchev–Trinajstić information content (AvgIpc) is 3.04. The molecule has 7 nitrogen and oxygen atoms in total. The number of thiophene rings is 1. The number of hydrogen-bond donors (Lipinski definition) is 3. The fraction of sp³-hybridized carbons (Fsp3) is 0.250. The quantitative estimate of drug-likeness (QED) is 0.235. The fourth-order valence-electron chi connectivity index (χ4n) is 3.00. The molecule has 0 saturated heterocycles. The van der Waals surface area contributed by atoms with Crippen LogP contribution in [0.4, 0.5) is 5.69 Å². The van der Waals surface area contributed by atoms with Gasteiger partial charge in [-0.3, -0.25) is 4.57 Å². The summed E-state index contributed by atoms with van der Waals surface area (Å²) in [6, 6.07) is 7.04. The van der Waals surface area contributed by atoms with Gasteiger partial charge < -0.3 is 19.6 Å². The highest BCUT2D eigenvalue weighted by molar-refractivity contribution is 7.68. The minimum absolute atomic E-state index is 0.00869. The van der Waals surface area contributed by atoms with Gasteiger partial charge in [-0.15, -0.1) is 11.3 Å². The number of nitrogens with two attached hydrogens (primary N) is 1. The summed E-state index contributed by atoms with van der Waals surface area (Å²) in [5, 5.41) is 13.0. The smallest absolute Gasteiger partial charge is 0.348 e. The topological polar surface area (TPSA) is 111 Å². The summed E-state index contributed by atoms with van der Waals surface area (Å²) in [5.41, 5.74) is 3.23. The van der Waals surface area contributed by atoms with Crippen LogP contribution < -0.4 is 16.3 Å². The second-order valence-corrected chi connectivity index (χ2v) is 9.85. The molecule has 0 fully saturated rings. The molecule has 0 amide bonds. The van der Waals surface area contributed by atoms with E-state index in [0.29, 0.717) is 27.1 Å². The van der Waals surface area contributed by atoms with Crippen LogP contribution in [0, 0.1) is 13.8 Å². The van der Waals surface area contributed by atoms with E-state index in [0.717, 1.165) is 22.5 Å². The number of anilines is 1. The molecule has 4 N–H and O–H groups in total. The largest absolute Gasteiger partial charge is 0.477 e. The lowest BCUT2D eigenvalue weighted by molar-refractivity contribution is 0.0703. The Morgan fingerprint density at radius 2 is 1.93 bits per heavy atom. The van der Waals surface area contributed by atoms with Crippen LogP contribution in [0.5, 0.6) is 0 Å². The summed E-state index contributed by atoms with van der Waals surface area (Å²) in [7, 11) is -2.25. The van der Waals surface area contributed by atoms with Gasteiger partial charge in [0.2, 0.25) is 0 Å². The van der Waals surface area contributed by atoms with Crippen molar-refractivity contribution in [1.29, 1.82) is 0 Å². The van der Waals surface area contributed by atoms with Gasteiger partial charge in [-0.1, -0.05) is 24.3 Å². The van der Waals surface area contributed by atoms with E-state index in [1.54, 1.807) is 26.0 Å². The maximum Gasteiger partial charge on any atom is 0.348 e. The molecule has 1 unspecified atom stereocenters. The van der Waals surface area contributed by atoms with Gasteiger partial charge in [0.25, 0.3) is 0 Å². The van der Waals surface area contributed by atoms with Crippen LogP contribution in [0.2, 0.25) is 0 Å². The van der Waals surface area contributed by atoms with Crippen LogP contribution in [-0.4, -0.2) is 18.2 Å². The molecule has 1 atom stereocenters. The Bertz CT molecular complexity index is 1040. The third-order valence-electron chi connectivity index (χ3n) is 4.32. The Labute approximate surface area is 174 Å². The van der Waals surface area contributed by atoms with Crippen molar-refractivity contribution in [3.05, 3.63) is 63.1 Å². The third kappa shape index (κ3) is 4.79. The number of carboxylic acid groups (broad SMARTS) is 1. The van der Waals surface area contributed by atoms with E-state index in [9.17, 15) is 14.5 Å². The Balaban J connectivity index is 2.62. The molecule has 1 heterocycles. The van der Waals surface area contributed by atoms with E-state index in [1.807, 2.05) is 26.0 Å². The number of aromatic carboxylic acids is 1. The predicted octanol–water partition coefficient (Wildman–Crippen LogP) is 4.84. The molecular formula is C20H25N2O5PS. The van der Waals surface area contributed by atoms with Crippen LogP contribution in [0.15, 0.2) is 42.2 Å². The number of aryl methyl sites for hydroxylation is 2. The molecule has 1 aromatic carbocycles. The maximum absolute atomic E-state index is 13.6. The highest BCUT2D eigenvalue weighted by Gasteiger charge is 2.30. The molecule has 156 valence electrons. The number of carbonyl (C=O) groups is 1. The first-order chi connectivity index (χ1) is 13.5. The lowest BCUT2D eigenvalue weighted by atomic mass is 10.1. The standard InChI is InChI=1S/C20H25N2O5PS/c1-11(2)18(14(5)27-21)17-10-15(19(29-17)20(23)24)22-28(25,26-6)16-8-7-12(3)9-13(16)4/h7-10H,1,21H2,2-6H3,(H,22,25)(H,23,24)/b18-14+. The highest BCUT2D eigenvalue weighted by atomic mass is 32.1. The summed E-state index contributed by atoms with van der Waals surface area (Å²) >= 11 is 1.01. The van der Waals surface area contributed by atoms with E-state index in [2.05, 4.69) is 11.7 Å². The van der Waals surface area contributed by atoms with E-state index in [4.69, 9.17) is 15.3 Å². The summed E-state index contributed by atoms with van der Waals surface area (Å²) < 4.78 is 18.9. The average molecular weight is 436 g/mol. The summed E-state index contributed by atoms with van der Waals surface area (Å²) in [6.45, 7) is 11.1. The van der Waals surface area contributed by atoms with Crippen molar-refractivity contribution in [2.75, 3.05) is 12.2 Å². The number of benzene rings is 1. The molecule has 0 bridgehead atoms. The number of carboxylic acids is 1. The molecule has 29 heavy (non-hydrogen) atoms. The van der Waals surface area contributed by atoms with Crippen molar-refractivity contribution >= 4 is 41.4 Å². The molecule has 0 aliphatic rings. The molecule has 9 heteroatoms. The SMILES string of the molecule is C=C(C)/C(=C(/C)ON)c1cc(NP(=O)(OC)c2ccc(C)cc2C)c(C(=O)O)s1. The molecule has 0 aliphatic heterocycles. The van der Waals surface area contributed by atoms with Crippen LogP contribution in [0.1, 0.15) is 39.5 Å². The van der Waals surface area contributed by atoms with Gasteiger partial charge in [-0.05, 0) is 51.0 Å². The molecule has 1 aromatic heterocycles. The first-order valence-corrected chi connectivity index (χ1v) is 11.1. The number of allylic oxidation sites excluding steroid dienone is 3.